The summed E-state index contributed by atoms with van der Waals surface area (Å²) in [6.45, 7) is 1.23. The maximum atomic E-state index is 11.2. The van der Waals surface area contributed by atoms with Gasteiger partial charge in [0, 0.05) is 0 Å². The molecule has 1 aliphatic rings. The van der Waals surface area contributed by atoms with Crippen LogP contribution in [0.25, 0.3) is 0 Å². The van der Waals surface area contributed by atoms with Crippen molar-refractivity contribution in [2.45, 2.75) is 127 Å². The summed E-state index contributed by atoms with van der Waals surface area (Å²) in [4.78, 5) is 0. The minimum Gasteiger partial charge on any atom is -0.394 e. The first-order chi connectivity index (χ1) is 17.1. The smallest absolute Gasteiger partial charge is 0.394 e. The molecule has 0 radical (unpaired) electrons. The lowest BCUT2D eigenvalue weighted by molar-refractivity contribution is -0.302. The molecular weight excluding hydrogens is 494 g/mol. The molecule has 7 atom stereocenters. The predicted molar refractivity (Wildman–Crippen MR) is 134 cm³/mol. The van der Waals surface area contributed by atoms with Gasteiger partial charge < -0.3 is 35.6 Å². The number of allylic oxidation sites excluding steroid dienone is 1. The van der Waals surface area contributed by atoms with E-state index in [4.69, 9.17) is 19.8 Å². The summed E-state index contributed by atoms with van der Waals surface area (Å²) in [6, 6.07) is -1.08. The van der Waals surface area contributed by atoms with Crippen LogP contribution in [0.15, 0.2) is 12.2 Å². The molecular formula is C24H47NO10S. The van der Waals surface area contributed by atoms with Gasteiger partial charge in [0.1, 0.15) is 30.5 Å². The van der Waals surface area contributed by atoms with E-state index in [9.17, 15) is 28.8 Å². The van der Waals surface area contributed by atoms with Crippen LogP contribution in [-0.4, -0.2) is 89.5 Å². The number of hydrogen-bond donors (Lipinski definition) is 6. The summed E-state index contributed by atoms with van der Waals surface area (Å²) in [5.41, 5.74) is 5.99. The van der Waals surface area contributed by atoms with E-state index in [1.165, 1.54) is 57.4 Å². The van der Waals surface area contributed by atoms with Gasteiger partial charge in [0.15, 0.2) is 6.29 Å². The number of nitrogens with two attached hydrogens (primary N) is 1. The van der Waals surface area contributed by atoms with E-state index in [-0.39, 0.29) is 6.61 Å². The van der Waals surface area contributed by atoms with Crippen molar-refractivity contribution in [3.63, 3.8) is 0 Å². The van der Waals surface area contributed by atoms with Crippen LogP contribution in [-0.2, 0) is 24.1 Å². The number of unbranched alkanes of at least 4 members (excludes halogenated alkanes) is 11. The number of aliphatic hydroxyl groups excluding tert-OH is 4. The first kappa shape index (κ1) is 33.4. The Morgan fingerprint density at radius 2 is 1.47 bits per heavy atom. The molecule has 3 unspecified atom stereocenters. The van der Waals surface area contributed by atoms with Gasteiger partial charge in [-0.2, -0.15) is 8.42 Å². The number of aliphatic hydroxyl groups is 4. The lowest BCUT2D eigenvalue weighted by atomic mass is 9.99. The van der Waals surface area contributed by atoms with Crippen LogP contribution < -0.4 is 5.73 Å². The fourth-order valence-electron chi connectivity index (χ4n) is 4.05. The van der Waals surface area contributed by atoms with Crippen molar-refractivity contribution in [2.24, 2.45) is 5.73 Å². The second-order valence-electron chi connectivity index (χ2n) is 9.44. The molecule has 1 fully saturated rings. The maximum Gasteiger partial charge on any atom is 0.397 e. The zero-order chi connectivity index (χ0) is 27.0. The highest BCUT2D eigenvalue weighted by molar-refractivity contribution is 7.80. The third-order valence-electron chi connectivity index (χ3n) is 6.26. The van der Waals surface area contributed by atoms with Gasteiger partial charge in [0.05, 0.1) is 19.3 Å². The van der Waals surface area contributed by atoms with Crippen molar-refractivity contribution in [1.82, 2.24) is 0 Å². The summed E-state index contributed by atoms with van der Waals surface area (Å²) in [7, 11) is -4.79. The third kappa shape index (κ3) is 13.8. The Balaban J connectivity index is 2.39. The normalized spacial score (nSPS) is 26.9. The Morgan fingerprint density at radius 3 is 2.00 bits per heavy atom. The van der Waals surface area contributed by atoms with Gasteiger partial charge in [-0.15, -0.1) is 0 Å². The molecule has 1 heterocycles. The molecule has 0 saturated carbocycles. The molecule has 214 valence electrons. The van der Waals surface area contributed by atoms with E-state index < -0.39 is 59.9 Å². The topological polar surface area (TPSA) is 189 Å². The Hall–Kier alpha value is -0.670. The molecule has 0 aliphatic carbocycles. The molecule has 0 spiro atoms. The molecule has 0 bridgehead atoms. The second kappa shape index (κ2) is 18.6. The largest absolute Gasteiger partial charge is 0.397 e. The van der Waals surface area contributed by atoms with Crippen LogP contribution in [0.2, 0.25) is 0 Å². The minimum absolute atomic E-state index is 0.369. The van der Waals surface area contributed by atoms with Crippen LogP contribution in [0.4, 0.5) is 0 Å². The molecule has 1 saturated heterocycles. The van der Waals surface area contributed by atoms with Crippen LogP contribution in [0, 0.1) is 0 Å². The quantitative estimate of drug-likeness (QED) is 0.0745. The minimum atomic E-state index is -4.79. The van der Waals surface area contributed by atoms with Gasteiger partial charge in [0.25, 0.3) is 0 Å². The van der Waals surface area contributed by atoms with Crippen molar-refractivity contribution < 1.29 is 47.1 Å². The molecule has 0 amide bonds. The van der Waals surface area contributed by atoms with Gasteiger partial charge in [0.2, 0.25) is 0 Å². The SMILES string of the molecule is CCCCCCCCCCCCCC=CC(OS(=O)(=O)O)C(N)COC1O[C@H](CO)[C@@H](O)[C@H](O)[C@H]1O. The highest BCUT2D eigenvalue weighted by Gasteiger charge is 2.44. The molecule has 12 heteroatoms. The highest BCUT2D eigenvalue weighted by Crippen LogP contribution is 2.22. The fraction of sp³-hybridized carbons (Fsp3) is 0.917. The zero-order valence-corrected chi connectivity index (χ0v) is 22.2. The first-order valence-corrected chi connectivity index (χ1v) is 14.5. The molecule has 1 aliphatic heterocycles. The van der Waals surface area contributed by atoms with Crippen LogP contribution in [0.3, 0.4) is 0 Å². The van der Waals surface area contributed by atoms with Crippen molar-refractivity contribution in [3.8, 4) is 0 Å². The van der Waals surface area contributed by atoms with Crippen molar-refractivity contribution in [3.05, 3.63) is 12.2 Å². The zero-order valence-electron chi connectivity index (χ0n) is 21.4. The van der Waals surface area contributed by atoms with Gasteiger partial charge >= 0.3 is 10.4 Å². The van der Waals surface area contributed by atoms with Gasteiger partial charge in [-0.1, -0.05) is 83.3 Å². The van der Waals surface area contributed by atoms with Gasteiger partial charge in [-0.3, -0.25) is 4.55 Å². The second-order valence-corrected chi connectivity index (χ2v) is 10.5. The van der Waals surface area contributed by atoms with Gasteiger partial charge in [-0.05, 0) is 12.8 Å². The molecule has 0 aromatic heterocycles. The number of rotatable bonds is 20. The van der Waals surface area contributed by atoms with E-state index in [2.05, 4.69) is 11.1 Å². The summed E-state index contributed by atoms with van der Waals surface area (Å²) in [5.74, 6) is 0. The lowest BCUT2D eigenvalue weighted by Crippen LogP contribution is -2.59. The number of ether oxygens (including phenoxy) is 2. The highest BCUT2D eigenvalue weighted by atomic mass is 32.3. The Bertz CT molecular complexity index is 690. The predicted octanol–water partition coefficient (Wildman–Crippen LogP) is 1.58. The summed E-state index contributed by atoms with van der Waals surface area (Å²) >= 11 is 0. The summed E-state index contributed by atoms with van der Waals surface area (Å²) < 4.78 is 46.8. The maximum absolute atomic E-state index is 11.2. The Kier molecular flexibility index (Phi) is 17.2. The fourth-order valence-corrected chi connectivity index (χ4v) is 4.54. The summed E-state index contributed by atoms with van der Waals surface area (Å²) in [6.07, 6.45) is 8.64. The number of hydrogen-bond acceptors (Lipinski definition) is 10. The van der Waals surface area contributed by atoms with Crippen LogP contribution >= 0.6 is 0 Å². The molecule has 36 heavy (non-hydrogen) atoms. The van der Waals surface area contributed by atoms with E-state index in [0.717, 1.165) is 19.3 Å². The van der Waals surface area contributed by atoms with E-state index in [1.54, 1.807) is 6.08 Å². The van der Waals surface area contributed by atoms with E-state index in [0.29, 0.717) is 6.42 Å². The van der Waals surface area contributed by atoms with Crippen LogP contribution in [0.5, 0.6) is 0 Å². The molecule has 11 nitrogen and oxygen atoms in total. The molecule has 0 aromatic rings. The standard InChI is InChI=1S/C24H47NO10S/c1-2-3-4-5-6-7-8-9-10-11-12-13-14-15-19(35-36(30,31)32)18(25)17-33-24-23(29)22(28)21(27)20(16-26)34-24/h14-15,18-24,26-29H,2-13,16-17,25H2,1H3,(H,30,31,32)/t18?,19?,20-,21-,22+,23-,24?/m1/s1. The van der Waals surface area contributed by atoms with E-state index >= 15 is 0 Å². The lowest BCUT2D eigenvalue weighted by Gasteiger charge is -2.40. The first-order valence-electron chi connectivity index (χ1n) is 13.1. The monoisotopic (exact) mass is 541 g/mol. The molecule has 0 aromatic carbocycles. The van der Waals surface area contributed by atoms with Crippen molar-refractivity contribution in [2.75, 3.05) is 13.2 Å². The van der Waals surface area contributed by atoms with Crippen molar-refractivity contribution >= 4 is 10.4 Å². The van der Waals surface area contributed by atoms with Crippen LogP contribution in [0.1, 0.15) is 84.0 Å². The summed E-state index contributed by atoms with van der Waals surface area (Å²) in [5, 5.41) is 38.9. The Morgan fingerprint density at radius 1 is 0.917 bits per heavy atom. The average molecular weight is 542 g/mol. The van der Waals surface area contributed by atoms with E-state index in [1.807, 2.05) is 0 Å². The third-order valence-corrected chi connectivity index (χ3v) is 6.72. The molecule has 1 rings (SSSR count). The Labute approximate surface area is 215 Å². The average Bonchev–Trinajstić information content (AvgIpc) is 2.83. The van der Waals surface area contributed by atoms with Gasteiger partial charge in [-0.25, -0.2) is 4.18 Å². The van der Waals surface area contributed by atoms with Crippen molar-refractivity contribution in [1.29, 1.82) is 0 Å². The molecule has 7 N–H and O–H groups in total.